The molecule has 4 rings (SSSR count). The minimum absolute atomic E-state index is 0.0185. The number of methoxy groups -OCH3 is 1. The van der Waals surface area contributed by atoms with Crippen LogP contribution in [0.5, 0.6) is 5.75 Å². The summed E-state index contributed by atoms with van der Waals surface area (Å²) in [4.78, 5) is 22.2. The molecule has 2 aromatic carbocycles. The van der Waals surface area contributed by atoms with Crippen LogP contribution in [0.25, 0.3) is 0 Å². The van der Waals surface area contributed by atoms with Gasteiger partial charge in [-0.2, -0.15) is 0 Å². The van der Waals surface area contributed by atoms with Crippen molar-refractivity contribution in [2.24, 2.45) is 4.99 Å². The van der Waals surface area contributed by atoms with Crippen molar-refractivity contribution in [2.45, 2.75) is 6.54 Å². The Kier molecular flexibility index (Phi) is 8.87. The van der Waals surface area contributed by atoms with Crippen molar-refractivity contribution in [3.05, 3.63) is 106 Å². The minimum Gasteiger partial charge on any atom is -0.495 e. The number of nitrogens with zero attached hydrogens (tertiary/aromatic N) is 3. The monoisotopic (exact) mass is 538 g/mol. The van der Waals surface area contributed by atoms with Crippen LogP contribution in [0.2, 0.25) is 5.02 Å². The fourth-order valence-corrected chi connectivity index (χ4v) is 5.08. The second-order valence-electron chi connectivity index (χ2n) is 8.50. The number of carbonyl (C=O) groups is 1. The number of amides is 1. The summed E-state index contributed by atoms with van der Waals surface area (Å²) in [6.07, 6.45) is 7.30. The fourth-order valence-electron chi connectivity index (χ4n) is 4.06. The first kappa shape index (κ1) is 26.7. The second kappa shape index (κ2) is 12.3. The van der Waals surface area contributed by atoms with Crippen molar-refractivity contribution in [2.75, 3.05) is 38.0 Å². The molecular weight excluding hydrogens is 511 g/mol. The van der Waals surface area contributed by atoms with Gasteiger partial charge in [0.1, 0.15) is 11.6 Å². The van der Waals surface area contributed by atoms with Crippen molar-refractivity contribution >= 4 is 40.9 Å². The zero-order chi connectivity index (χ0) is 26.4. The summed E-state index contributed by atoms with van der Waals surface area (Å²) in [5, 5.41) is 0.249. The van der Waals surface area contributed by atoms with Crippen LogP contribution >= 0.6 is 23.5 Å². The predicted octanol–water partition coefficient (Wildman–Crippen LogP) is 6.10. The number of anilines is 1. The third kappa shape index (κ3) is 6.52. The average molecular weight is 539 g/mol. The standard InChI is InChI=1S/C28H28ClFN4O2S/c1-4-31-27-19(2)6-5-7-26(27)37-32-22-10-8-20(9-11-22)28(35)34-14-12-33(13-15-34)18-21-16-25(36-3)23(29)17-24(21)30/h4-11,16-17,32H,1-2,12-15,18H2,3H3. The molecular formula is C28H28ClFN4O2S. The van der Waals surface area contributed by atoms with Crippen molar-refractivity contribution in [3.8, 4) is 5.75 Å². The van der Waals surface area contributed by atoms with E-state index < -0.39 is 0 Å². The highest BCUT2D eigenvalue weighted by Gasteiger charge is 2.23. The minimum atomic E-state index is -0.360. The number of carbonyl (C=O) groups excluding carboxylic acids is 1. The highest BCUT2D eigenvalue weighted by molar-refractivity contribution is 8.05. The van der Waals surface area contributed by atoms with E-state index >= 15 is 0 Å². The van der Waals surface area contributed by atoms with E-state index in [-0.39, 0.29) is 16.7 Å². The number of hydrogen-bond donors (Lipinski definition) is 1. The SMILES string of the molecule is C=CN=C1C(=C)C=CC=C1SNc1ccc(C(=O)N2CCN(Cc3cc(OC)c(Cl)cc3F)CC2)cc1. The van der Waals surface area contributed by atoms with Crippen LogP contribution in [0.4, 0.5) is 10.1 Å². The second-order valence-corrected chi connectivity index (χ2v) is 9.76. The largest absolute Gasteiger partial charge is 0.495 e. The fraction of sp³-hybridized carbons (Fsp3) is 0.214. The van der Waals surface area contributed by atoms with Crippen LogP contribution in [0.3, 0.4) is 0 Å². The highest BCUT2D eigenvalue weighted by Crippen LogP contribution is 2.29. The Labute approximate surface area is 226 Å². The van der Waals surface area contributed by atoms with Crippen molar-refractivity contribution in [1.29, 1.82) is 0 Å². The molecule has 192 valence electrons. The molecule has 9 heteroatoms. The molecule has 1 amide bonds. The topological polar surface area (TPSA) is 57.2 Å². The van der Waals surface area contributed by atoms with Gasteiger partial charge in [0.25, 0.3) is 5.91 Å². The normalized spacial score (nSPS) is 17.1. The summed E-state index contributed by atoms with van der Waals surface area (Å²) in [7, 11) is 1.51. The summed E-state index contributed by atoms with van der Waals surface area (Å²) in [5.74, 6) is 0.0721. The average Bonchev–Trinajstić information content (AvgIpc) is 2.91. The smallest absolute Gasteiger partial charge is 0.253 e. The molecule has 1 aliphatic carbocycles. The summed E-state index contributed by atoms with van der Waals surface area (Å²) < 4.78 is 22.9. The van der Waals surface area contributed by atoms with E-state index in [1.807, 2.05) is 47.4 Å². The van der Waals surface area contributed by atoms with Gasteiger partial charge in [-0.3, -0.25) is 14.7 Å². The lowest BCUT2D eigenvalue weighted by atomic mass is 10.1. The Morgan fingerprint density at radius 1 is 1.24 bits per heavy atom. The number of piperazine rings is 1. The molecule has 1 fully saturated rings. The van der Waals surface area contributed by atoms with Crippen LogP contribution in [0.15, 0.2) is 89.5 Å². The molecule has 1 aliphatic heterocycles. The number of ether oxygens (including phenoxy) is 1. The number of rotatable bonds is 8. The third-order valence-corrected chi connectivity index (χ3v) is 7.27. The van der Waals surface area contributed by atoms with Crippen LogP contribution in [0, 0.1) is 5.82 Å². The van der Waals surface area contributed by atoms with Crippen LogP contribution in [0.1, 0.15) is 15.9 Å². The van der Waals surface area contributed by atoms with Crippen molar-refractivity contribution < 1.29 is 13.9 Å². The predicted molar refractivity (Wildman–Crippen MR) is 151 cm³/mol. The third-order valence-electron chi connectivity index (χ3n) is 6.09. The Morgan fingerprint density at radius 3 is 2.65 bits per heavy atom. The quantitative estimate of drug-likeness (QED) is 0.412. The lowest BCUT2D eigenvalue weighted by molar-refractivity contribution is 0.0627. The van der Waals surface area contributed by atoms with Gasteiger partial charge in [-0.25, -0.2) is 4.39 Å². The van der Waals surface area contributed by atoms with E-state index in [4.69, 9.17) is 16.3 Å². The summed E-state index contributed by atoms with van der Waals surface area (Å²) in [5.41, 5.74) is 3.62. The number of halogens is 2. The van der Waals surface area contributed by atoms with Gasteiger partial charge < -0.3 is 14.4 Å². The molecule has 0 atom stereocenters. The Balaban J connectivity index is 1.30. The van der Waals surface area contributed by atoms with Gasteiger partial charge in [0, 0.05) is 55.7 Å². The van der Waals surface area contributed by atoms with Gasteiger partial charge in [-0.15, -0.1) is 0 Å². The van der Waals surface area contributed by atoms with Gasteiger partial charge >= 0.3 is 0 Å². The Hall–Kier alpha value is -3.33. The molecule has 0 bridgehead atoms. The number of hydrogen-bond acceptors (Lipinski definition) is 6. The van der Waals surface area contributed by atoms with Gasteiger partial charge in [0.2, 0.25) is 0 Å². The molecule has 0 spiro atoms. The van der Waals surface area contributed by atoms with E-state index in [1.165, 1.54) is 31.3 Å². The van der Waals surface area contributed by atoms with Gasteiger partial charge in [0.15, 0.2) is 0 Å². The number of benzene rings is 2. The lowest BCUT2D eigenvalue weighted by Crippen LogP contribution is -2.48. The zero-order valence-electron chi connectivity index (χ0n) is 20.5. The molecule has 1 N–H and O–H groups in total. The molecule has 1 saturated heterocycles. The van der Waals surface area contributed by atoms with Gasteiger partial charge in [-0.05, 0) is 60.0 Å². The summed E-state index contributed by atoms with van der Waals surface area (Å²) in [6, 6.07) is 10.3. The maximum atomic E-state index is 14.4. The zero-order valence-corrected chi connectivity index (χ0v) is 22.1. The molecule has 37 heavy (non-hydrogen) atoms. The first-order chi connectivity index (χ1) is 17.9. The maximum Gasteiger partial charge on any atom is 0.253 e. The lowest BCUT2D eigenvalue weighted by Gasteiger charge is -2.35. The summed E-state index contributed by atoms with van der Waals surface area (Å²) >= 11 is 7.43. The first-order valence-electron chi connectivity index (χ1n) is 11.7. The molecule has 2 aliphatic rings. The Bertz CT molecular complexity index is 1280. The van der Waals surface area contributed by atoms with E-state index in [0.717, 1.165) is 21.9 Å². The van der Waals surface area contributed by atoms with E-state index in [1.54, 1.807) is 6.07 Å². The molecule has 1 heterocycles. The Morgan fingerprint density at radius 2 is 1.97 bits per heavy atom. The number of aliphatic imine (C=N–C) groups is 1. The van der Waals surface area contributed by atoms with Crippen LogP contribution in [-0.4, -0.2) is 54.7 Å². The maximum absolute atomic E-state index is 14.4. The number of allylic oxidation sites excluding steroid dienone is 5. The number of nitrogens with one attached hydrogen (secondary N) is 1. The molecule has 0 unspecified atom stereocenters. The van der Waals surface area contributed by atoms with E-state index in [2.05, 4.69) is 27.8 Å². The van der Waals surface area contributed by atoms with E-state index in [0.29, 0.717) is 49.6 Å². The van der Waals surface area contributed by atoms with Gasteiger partial charge in [-0.1, -0.05) is 36.9 Å². The molecule has 0 saturated carbocycles. The highest BCUT2D eigenvalue weighted by atomic mass is 35.5. The molecule has 0 aromatic heterocycles. The summed E-state index contributed by atoms with van der Waals surface area (Å²) in [6.45, 7) is 10.5. The first-order valence-corrected chi connectivity index (χ1v) is 12.9. The van der Waals surface area contributed by atoms with Crippen LogP contribution < -0.4 is 9.46 Å². The molecule has 2 aromatic rings. The van der Waals surface area contributed by atoms with Crippen molar-refractivity contribution in [3.63, 3.8) is 0 Å². The molecule has 0 radical (unpaired) electrons. The van der Waals surface area contributed by atoms with Crippen LogP contribution in [-0.2, 0) is 6.54 Å². The van der Waals surface area contributed by atoms with E-state index in [9.17, 15) is 9.18 Å². The molecule has 6 nitrogen and oxygen atoms in total. The van der Waals surface area contributed by atoms with Gasteiger partial charge in [0.05, 0.1) is 22.7 Å². The van der Waals surface area contributed by atoms with Crippen molar-refractivity contribution in [1.82, 2.24) is 9.80 Å².